The Labute approximate surface area is 218 Å². The molecule has 0 radical (unpaired) electrons. The van der Waals surface area contributed by atoms with E-state index in [1.165, 1.54) is 6.08 Å². The van der Waals surface area contributed by atoms with E-state index < -0.39 is 17.8 Å². The molecule has 0 aromatic heterocycles. The van der Waals surface area contributed by atoms with E-state index in [-0.39, 0.29) is 47.5 Å². The van der Waals surface area contributed by atoms with Crippen LogP contribution in [0.2, 0.25) is 0 Å². The number of ketones is 2. The molecule has 7 heteroatoms. The molecule has 6 rings (SSSR count). The van der Waals surface area contributed by atoms with Crippen molar-refractivity contribution in [3.05, 3.63) is 62.7 Å². The number of fused-ring (bicyclic) bond motifs is 3. The van der Waals surface area contributed by atoms with Crippen molar-refractivity contribution in [1.29, 1.82) is 0 Å². The van der Waals surface area contributed by atoms with Crippen LogP contribution in [-0.4, -0.2) is 39.4 Å². The first kappa shape index (κ1) is 23.6. The molecule has 2 amide bonds. The molecule has 1 heterocycles. The van der Waals surface area contributed by atoms with Crippen LogP contribution in [0.3, 0.4) is 0 Å². The van der Waals surface area contributed by atoms with Crippen molar-refractivity contribution in [3.63, 3.8) is 0 Å². The van der Waals surface area contributed by atoms with E-state index in [0.717, 1.165) is 42.1 Å². The summed E-state index contributed by atoms with van der Waals surface area (Å²) in [6.45, 7) is 1.64. The smallest absolute Gasteiger partial charge is 0.233 e. The van der Waals surface area contributed by atoms with Crippen molar-refractivity contribution in [2.45, 2.75) is 63.8 Å². The van der Waals surface area contributed by atoms with E-state index in [2.05, 4.69) is 15.9 Å². The number of phenolic OH excluding ortho intramolecular Hbond substituents is 1. The van der Waals surface area contributed by atoms with Gasteiger partial charge in [-0.15, -0.1) is 0 Å². The lowest BCUT2D eigenvalue weighted by Crippen LogP contribution is -2.43. The van der Waals surface area contributed by atoms with Crippen molar-refractivity contribution >= 4 is 39.3 Å². The average molecular weight is 550 g/mol. The molecule has 0 spiro atoms. The number of nitrogens with zero attached hydrogens (tertiary/aromatic N) is 1. The molecular weight excluding hydrogens is 522 g/mol. The van der Waals surface area contributed by atoms with Gasteiger partial charge in [0, 0.05) is 38.7 Å². The second-order valence-electron chi connectivity index (χ2n) is 10.8. The van der Waals surface area contributed by atoms with Gasteiger partial charge in [0.2, 0.25) is 11.8 Å². The summed E-state index contributed by atoms with van der Waals surface area (Å²) in [6, 6.07) is 5.03. The molecule has 4 aliphatic carbocycles. The van der Waals surface area contributed by atoms with Crippen LogP contribution < -0.4 is 0 Å². The van der Waals surface area contributed by atoms with E-state index in [1.807, 2.05) is 6.08 Å². The maximum absolute atomic E-state index is 13.9. The topological polar surface area (TPSA) is 91.8 Å². The predicted octanol–water partition coefficient (Wildman–Crippen LogP) is 4.92. The third-order valence-electron chi connectivity index (χ3n) is 8.84. The monoisotopic (exact) mass is 549 g/mol. The Bertz CT molecular complexity index is 1310. The van der Waals surface area contributed by atoms with Crippen LogP contribution in [0.15, 0.2) is 57.1 Å². The number of allylic oxidation sites excluding steroid dienone is 6. The minimum atomic E-state index is -0.635. The summed E-state index contributed by atoms with van der Waals surface area (Å²) in [4.78, 5) is 55.6. The highest BCUT2D eigenvalue weighted by molar-refractivity contribution is 9.10. The molecule has 0 bridgehead atoms. The highest BCUT2D eigenvalue weighted by atomic mass is 79.9. The van der Waals surface area contributed by atoms with Gasteiger partial charge in [-0.05, 0) is 62.8 Å². The summed E-state index contributed by atoms with van der Waals surface area (Å²) < 4.78 is 0.741. The number of hydrogen-bond donors (Lipinski definition) is 1. The molecule has 4 atom stereocenters. The van der Waals surface area contributed by atoms with E-state index in [4.69, 9.17) is 0 Å². The second-order valence-corrected chi connectivity index (χ2v) is 11.7. The van der Waals surface area contributed by atoms with Crippen molar-refractivity contribution in [1.82, 2.24) is 4.90 Å². The molecule has 6 nitrogen and oxygen atoms in total. The molecular formula is C29H28BrNO5. The van der Waals surface area contributed by atoms with Gasteiger partial charge in [-0.2, -0.15) is 0 Å². The zero-order valence-corrected chi connectivity index (χ0v) is 21.7. The lowest BCUT2D eigenvalue weighted by atomic mass is 9.59. The Morgan fingerprint density at radius 2 is 1.75 bits per heavy atom. The standard InChI is InChI=1S/C29H28BrNO5/c1-14-11-23(33)26-21(27(14)34)13-19-17(24(26)20-12-15(30)7-10-22(20)32)8-9-18-25(19)29(36)31(28(18)35)16-5-3-2-4-6-16/h7-8,10-12,16,18-19,24-25,32H,2-6,9,13H2,1H3. The largest absolute Gasteiger partial charge is 0.508 e. The lowest BCUT2D eigenvalue weighted by molar-refractivity contribution is -0.143. The number of imide groups is 1. The van der Waals surface area contributed by atoms with Gasteiger partial charge in [-0.3, -0.25) is 24.1 Å². The zero-order valence-electron chi connectivity index (χ0n) is 20.1. The van der Waals surface area contributed by atoms with Crippen LogP contribution in [0.4, 0.5) is 0 Å². The van der Waals surface area contributed by atoms with Crippen LogP contribution in [0, 0.1) is 17.8 Å². The van der Waals surface area contributed by atoms with Gasteiger partial charge < -0.3 is 5.11 Å². The fraction of sp³-hybridized carbons (Fsp3) is 0.448. The Morgan fingerprint density at radius 1 is 1.00 bits per heavy atom. The number of aromatic hydroxyl groups is 1. The van der Waals surface area contributed by atoms with E-state index in [9.17, 15) is 24.3 Å². The number of halogens is 1. The molecule has 1 saturated heterocycles. The molecule has 5 aliphatic rings. The first-order valence-corrected chi connectivity index (χ1v) is 13.6. The summed E-state index contributed by atoms with van der Waals surface area (Å²) in [5.41, 5.74) is 2.59. The number of likely N-dealkylation sites (tertiary alicyclic amines) is 1. The summed E-state index contributed by atoms with van der Waals surface area (Å²) in [7, 11) is 0. The Kier molecular flexibility index (Phi) is 5.67. The van der Waals surface area contributed by atoms with Crippen LogP contribution in [-0.2, 0) is 19.2 Å². The quantitative estimate of drug-likeness (QED) is 0.321. The maximum Gasteiger partial charge on any atom is 0.233 e. The van der Waals surface area contributed by atoms with Crippen molar-refractivity contribution in [2.24, 2.45) is 17.8 Å². The Morgan fingerprint density at radius 3 is 2.50 bits per heavy atom. The molecule has 1 aliphatic heterocycles. The molecule has 4 unspecified atom stereocenters. The van der Waals surface area contributed by atoms with E-state index >= 15 is 0 Å². The van der Waals surface area contributed by atoms with Crippen molar-refractivity contribution in [3.8, 4) is 5.75 Å². The third kappa shape index (κ3) is 3.42. The Hall–Kier alpha value is -2.80. The molecule has 1 N–H and O–H groups in total. The predicted molar refractivity (Wildman–Crippen MR) is 136 cm³/mol. The highest BCUT2D eigenvalue weighted by Gasteiger charge is 2.57. The first-order valence-electron chi connectivity index (χ1n) is 12.8. The molecule has 36 heavy (non-hydrogen) atoms. The van der Waals surface area contributed by atoms with Gasteiger partial charge in [-0.1, -0.05) is 46.8 Å². The van der Waals surface area contributed by atoms with E-state index in [1.54, 1.807) is 30.0 Å². The van der Waals surface area contributed by atoms with Gasteiger partial charge in [0.15, 0.2) is 11.6 Å². The fourth-order valence-electron chi connectivity index (χ4n) is 7.22. The minimum absolute atomic E-state index is 0.0305. The molecule has 186 valence electrons. The fourth-order valence-corrected chi connectivity index (χ4v) is 7.60. The number of benzene rings is 1. The maximum atomic E-state index is 13.9. The molecule has 1 aromatic carbocycles. The number of carbonyl (C=O) groups is 4. The van der Waals surface area contributed by atoms with Crippen molar-refractivity contribution < 1.29 is 24.3 Å². The highest BCUT2D eigenvalue weighted by Crippen LogP contribution is 2.56. The van der Waals surface area contributed by atoms with Crippen LogP contribution >= 0.6 is 15.9 Å². The minimum Gasteiger partial charge on any atom is -0.508 e. The summed E-state index contributed by atoms with van der Waals surface area (Å²) in [5.74, 6) is -2.58. The average Bonchev–Trinajstić information content (AvgIpc) is 3.13. The lowest BCUT2D eigenvalue weighted by Gasteiger charge is -2.42. The number of phenols is 1. The van der Waals surface area contributed by atoms with Crippen molar-refractivity contribution in [2.75, 3.05) is 0 Å². The van der Waals surface area contributed by atoms with Gasteiger partial charge in [0.1, 0.15) is 5.75 Å². The van der Waals surface area contributed by atoms with Gasteiger partial charge in [0.25, 0.3) is 0 Å². The Balaban J connectivity index is 1.48. The third-order valence-corrected chi connectivity index (χ3v) is 9.33. The number of Topliss-reactive ketones (excluding diaryl/α,β-unsaturated/α-hetero) is 1. The zero-order chi connectivity index (χ0) is 25.3. The number of rotatable bonds is 2. The first-order chi connectivity index (χ1) is 17.3. The molecule has 2 fully saturated rings. The molecule has 1 saturated carbocycles. The summed E-state index contributed by atoms with van der Waals surface area (Å²) >= 11 is 3.47. The van der Waals surface area contributed by atoms with E-state index in [0.29, 0.717) is 28.7 Å². The number of amides is 2. The normalized spacial score (nSPS) is 30.7. The molecule has 1 aromatic rings. The van der Waals surface area contributed by atoms with Crippen LogP contribution in [0.1, 0.15) is 63.4 Å². The van der Waals surface area contributed by atoms with Crippen LogP contribution in [0.25, 0.3) is 0 Å². The van der Waals surface area contributed by atoms with Gasteiger partial charge in [-0.25, -0.2) is 0 Å². The number of carbonyl (C=O) groups excluding carboxylic acids is 4. The van der Waals surface area contributed by atoms with Gasteiger partial charge in [0.05, 0.1) is 11.8 Å². The summed E-state index contributed by atoms with van der Waals surface area (Å²) in [6.07, 6.45) is 8.94. The van der Waals surface area contributed by atoms with Gasteiger partial charge >= 0.3 is 0 Å². The SMILES string of the molecule is CC1=CC(=O)C2=C(CC3C(=CCC4C(=O)N(C5CCCCC5)C(=O)C43)C2c2cc(Br)ccc2O)C1=O. The summed E-state index contributed by atoms with van der Waals surface area (Å²) in [5, 5.41) is 10.9. The number of hydrogen-bond acceptors (Lipinski definition) is 5. The second kappa shape index (κ2) is 8.65. The van der Waals surface area contributed by atoms with Crippen LogP contribution in [0.5, 0.6) is 5.75 Å².